The lowest BCUT2D eigenvalue weighted by Gasteiger charge is -2.06. The summed E-state index contributed by atoms with van der Waals surface area (Å²) < 4.78 is 1.42. The third-order valence-corrected chi connectivity index (χ3v) is 2.71. The average Bonchev–Trinajstić information content (AvgIpc) is 2.37. The maximum absolute atomic E-state index is 11.8. The first kappa shape index (κ1) is 12.9. The molecule has 5 nitrogen and oxygen atoms in total. The van der Waals surface area contributed by atoms with Crippen molar-refractivity contribution in [2.75, 3.05) is 11.1 Å². The Hall–Kier alpha value is -2.56. The summed E-state index contributed by atoms with van der Waals surface area (Å²) in [4.78, 5) is 23.1. The van der Waals surface area contributed by atoms with E-state index >= 15 is 0 Å². The van der Waals surface area contributed by atoms with Gasteiger partial charge in [0, 0.05) is 25.0 Å². The molecule has 3 N–H and O–H groups in total. The van der Waals surface area contributed by atoms with Crippen LogP contribution >= 0.6 is 0 Å². The number of aromatic nitrogens is 1. The summed E-state index contributed by atoms with van der Waals surface area (Å²) in [6.07, 6.45) is 1.85. The number of nitrogens with one attached hydrogen (secondary N) is 1. The van der Waals surface area contributed by atoms with Crippen molar-refractivity contribution in [3.05, 3.63) is 58.5 Å². The van der Waals surface area contributed by atoms with E-state index in [1.807, 2.05) is 12.1 Å². The fourth-order valence-electron chi connectivity index (χ4n) is 1.69. The van der Waals surface area contributed by atoms with Crippen LogP contribution in [-0.2, 0) is 18.3 Å². The zero-order valence-corrected chi connectivity index (χ0v) is 10.6. The Morgan fingerprint density at radius 1 is 1.21 bits per heavy atom. The molecule has 1 amide bonds. The molecule has 98 valence electrons. The molecule has 1 aromatic heterocycles. The quantitative estimate of drug-likeness (QED) is 0.810. The Balaban J connectivity index is 2.03. The van der Waals surface area contributed by atoms with Gasteiger partial charge in [0.1, 0.15) is 0 Å². The van der Waals surface area contributed by atoms with Gasteiger partial charge in [-0.2, -0.15) is 0 Å². The first-order valence-corrected chi connectivity index (χ1v) is 5.85. The number of carbonyl (C=O) groups is 1. The minimum atomic E-state index is -0.136. The molecule has 0 atom stereocenters. The van der Waals surface area contributed by atoms with Gasteiger partial charge in [-0.25, -0.2) is 0 Å². The normalized spacial score (nSPS) is 10.2. The van der Waals surface area contributed by atoms with E-state index in [1.165, 1.54) is 10.6 Å². The Labute approximate surface area is 110 Å². The molecule has 1 aromatic carbocycles. The second-order valence-corrected chi connectivity index (χ2v) is 4.33. The summed E-state index contributed by atoms with van der Waals surface area (Å²) in [5.41, 5.74) is 7.62. The van der Waals surface area contributed by atoms with Crippen molar-refractivity contribution in [3.8, 4) is 0 Å². The monoisotopic (exact) mass is 257 g/mol. The lowest BCUT2D eigenvalue weighted by atomic mass is 10.1. The third-order valence-electron chi connectivity index (χ3n) is 2.71. The number of anilines is 2. The number of amides is 1. The van der Waals surface area contributed by atoms with Gasteiger partial charge < -0.3 is 15.6 Å². The van der Waals surface area contributed by atoms with E-state index in [9.17, 15) is 9.59 Å². The van der Waals surface area contributed by atoms with Gasteiger partial charge in [-0.15, -0.1) is 0 Å². The molecule has 1 heterocycles. The van der Waals surface area contributed by atoms with E-state index in [4.69, 9.17) is 5.73 Å². The van der Waals surface area contributed by atoms with Gasteiger partial charge >= 0.3 is 0 Å². The highest BCUT2D eigenvalue weighted by Gasteiger charge is 2.04. The number of pyridine rings is 1. The van der Waals surface area contributed by atoms with Crippen molar-refractivity contribution < 1.29 is 4.79 Å². The average molecular weight is 257 g/mol. The highest BCUT2D eigenvalue weighted by atomic mass is 16.1. The van der Waals surface area contributed by atoms with Crippen LogP contribution in [0.15, 0.2) is 47.4 Å². The van der Waals surface area contributed by atoms with E-state index in [-0.39, 0.29) is 17.9 Å². The van der Waals surface area contributed by atoms with E-state index < -0.39 is 0 Å². The van der Waals surface area contributed by atoms with E-state index in [0.29, 0.717) is 11.4 Å². The van der Waals surface area contributed by atoms with E-state index in [2.05, 4.69) is 5.32 Å². The van der Waals surface area contributed by atoms with Crippen molar-refractivity contribution in [1.29, 1.82) is 0 Å². The molecule has 0 radical (unpaired) electrons. The number of benzene rings is 1. The number of nitrogens with two attached hydrogens (primary N) is 1. The van der Waals surface area contributed by atoms with Gasteiger partial charge in [-0.05, 0) is 23.8 Å². The van der Waals surface area contributed by atoms with Gasteiger partial charge in [0.15, 0.2) is 0 Å². The van der Waals surface area contributed by atoms with Gasteiger partial charge in [0.2, 0.25) is 11.5 Å². The molecule has 0 aliphatic rings. The fourth-order valence-corrected chi connectivity index (χ4v) is 1.69. The second-order valence-electron chi connectivity index (χ2n) is 4.33. The largest absolute Gasteiger partial charge is 0.399 e. The Kier molecular flexibility index (Phi) is 3.66. The summed E-state index contributed by atoms with van der Waals surface area (Å²) >= 11 is 0. The van der Waals surface area contributed by atoms with Crippen molar-refractivity contribution in [2.24, 2.45) is 7.05 Å². The Morgan fingerprint density at radius 2 is 1.89 bits per heavy atom. The number of carbonyl (C=O) groups excluding carboxylic acids is 1. The van der Waals surface area contributed by atoms with Crippen LogP contribution < -0.4 is 16.6 Å². The van der Waals surface area contributed by atoms with Crippen molar-refractivity contribution in [1.82, 2.24) is 4.57 Å². The predicted octanol–water partition coefficient (Wildman–Crippen LogP) is 1.15. The van der Waals surface area contributed by atoms with E-state index in [1.54, 1.807) is 31.4 Å². The maximum Gasteiger partial charge on any atom is 0.250 e. The van der Waals surface area contributed by atoms with Crippen LogP contribution in [0.2, 0.25) is 0 Å². The molecule has 0 aliphatic carbocycles. The summed E-state index contributed by atoms with van der Waals surface area (Å²) in [5.74, 6) is -0.136. The van der Waals surface area contributed by atoms with Crippen LogP contribution in [0.25, 0.3) is 0 Å². The number of rotatable bonds is 3. The molecule has 2 aromatic rings. The molecular weight excluding hydrogens is 242 g/mol. The predicted molar refractivity (Wildman–Crippen MR) is 74.9 cm³/mol. The van der Waals surface area contributed by atoms with Crippen molar-refractivity contribution in [2.45, 2.75) is 6.42 Å². The van der Waals surface area contributed by atoms with Crippen molar-refractivity contribution >= 4 is 17.3 Å². The topological polar surface area (TPSA) is 77.1 Å². The number of nitrogen functional groups attached to an aromatic ring is 1. The first-order valence-electron chi connectivity index (χ1n) is 5.85. The summed E-state index contributed by atoms with van der Waals surface area (Å²) in [7, 11) is 1.64. The molecule has 0 unspecified atom stereocenters. The molecule has 2 rings (SSSR count). The van der Waals surface area contributed by atoms with Crippen LogP contribution in [0.4, 0.5) is 11.4 Å². The SMILES string of the molecule is Cn1cc(NC(=O)Cc2ccc(N)cc2)ccc1=O. The Morgan fingerprint density at radius 3 is 2.53 bits per heavy atom. The molecule has 0 fully saturated rings. The van der Waals surface area contributed by atoms with Crippen LogP contribution in [0.5, 0.6) is 0 Å². The van der Waals surface area contributed by atoms with Crippen LogP contribution in [0.3, 0.4) is 0 Å². The molecule has 0 aliphatic heterocycles. The molecule has 5 heteroatoms. The summed E-state index contributed by atoms with van der Waals surface area (Å²) in [6, 6.07) is 10.1. The fraction of sp³-hybridized carbons (Fsp3) is 0.143. The number of aryl methyl sites for hydroxylation is 1. The van der Waals surface area contributed by atoms with Gasteiger partial charge in [0.25, 0.3) is 0 Å². The second kappa shape index (κ2) is 5.39. The minimum absolute atomic E-state index is 0.114. The molecular formula is C14H15N3O2. The standard InChI is InChI=1S/C14H15N3O2/c1-17-9-12(6-7-14(17)19)16-13(18)8-10-2-4-11(15)5-3-10/h2-7,9H,8,15H2,1H3,(H,16,18). The highest BCUT2D eigenvalue weighted by molar-refractivity contribution is 5.92. The van der Waals surface area contributed by atoms with Gasteiger partial charge in [-0.3, -0.25) is 9.59 Å². The first-order chi connectivity index (χ1) is 9.04. The van der Waals surface area contributed by atoms with Crippen LogP contribution in [-0.4, -0.2) is 10.5 Å². The van der Waals surface area contributed by atoms with Crippen LogP contribution in [0.1, 0.15) is 5.56 Å². The maximum atomic E-state index is 11.8. The summed E-state index contributed by atoms with van der Waals surface area (Å²) in [5, 5.41) is 2.74. The molecule has 19 heavy (non-hydrogen) atoms. The lowest BCUT2D eigenvalue weighted by molar-refractivity contribution is -0.115. The van der Waals surface area contributed by atoms with Gasteiger partial charge in [0.05, 0.1) is 12.1 Å². The molecule has 0 saturated heterocycles. The zero-order valence-electron chi connectivity index (χ0n) is 10.6. The number of hydrogen-bond donors (Lipinski definition) is 2. The smallest absolute Gasteiger partial charge is 0.250 e. The lowest BCUT2D eigenvalue weighted by Crippen LogP contribution is -2.19. The van der Waals surface area contributed by atoms with E-state index in [0.717, 1.165) is 5.56 Å². The molecule has 0 bridgehead atoms. The minimum Gasteiger partial charge on any atom is -0.399 e. The molecule has 0 saturated carbocycles. The van der Waals surface area contributed by atoms with Crippen LogP contribution in [0, 0.1) is 0 Å². The highest BCUT2D eigenvalue weighted by Crippen LogP contribution is 2.08. The third kappa shape index (κ3) is 3.45. The van der Waals surface area contributed by atoms with Crippen molar-refractivity contribution in [3.63, 3.8) is 0 Å². The number of nitrogens with zero attached hydrogens (tertiary/aromatic N) is 1. The Bertz CT molecular complexity index is 644. The molecule has 0 spiro atoms. The number of hydrogen-bond acceptors (Lipinski definition) is 3. The summed E-state index contributed by atoms with van der Waals surface area (Å²) in [6.45, 7) is 0. The van der Waals surface area contributed by atoms with Gasteiger partial charge in [-0.1, -0.05) is 12.1 Å². The zero-order chi connectivity index (χ0) is 13.8.